The Morgan fingerprint density at radius 3 is 2.79 bits per heavy atom. The van der Waals surface area contributed by atoms with Crippen molar-refractivity contribution < 1.29 is 18.3 Å². The van der Waals surface area contributed by atoms with E-state index in [1.54, 1.807) is 6.07 Å². The Bertz CT molecular complexity index is 582. The highest BCUT2D eigenvalue weighted by Gasteiger charge is 2.37. The van der Waals surface area contributed by atoms with Crippen LogP contribution in [0.3, 0.4) is 0 Å². The molecule has 0 aromatic carbocycles. The van der Waals surface area contributed by atoms with Crippen molar-refractivity contribution in [2.75, 3.05) is 11.5 Å². The third kappa shape index (κ3) is 3.53. The average Bonchev–Trinajstić information content (AvgIpc) is 2.66. The first kappa shape index (κ1) is 14.0. The van der Waals surface area contributed by atoms with Crippen LogP contribution in [0.1, 0.15) is 17.8 Å². The van der Waals surface area contributed by atoms with E-state index in [9.17, 15) is 18.3 Å². The second kappa shape index (κ2) is 5.28. The van der Waals surface area contributed by atoms with Crippen molar-refractivity contribution in [1.29, 1.82) is 0 Å². The summed E-state index contributed by atoms with van der Waals surface area (Å²) in [5.74, 6) is -1.83. The Morgan fingerprint density at radius 1 is 1.53 bits per heavy atom. The maximum atomic E-state index is 11.5. The van der Waals surface area contributed by atoms with Crippen LogP contribution in [0.2, 0.25) is 0 Å². The highest BCUT2D eigenvalue weighted by molar-refractivity contribution is 7.91. The average molecular weight is 283 g/mol. The van der Waals surface area contributed by atoms with Crippen LogP contribution in [0, 0.1) is 18.8 Å². The molecule has 1 fully saturated rings. The fourth-order valence-corrected chi connectivity index (χ4v) is 4.42. The van der Waals surface area contributed by atoms with Gasteiger partial charge in [-0.05, 0) is 31.4 Å². The molecule has 2 rings (SSSR count). The van der Waals surface area contributed by atoms with Crippen LogP contribution in [-0.2, 0) is 21.1 Å². The van der Waals surface area contributed by atoms with Crippen molar-refractivity contribution in [2.45, 2.75) is 19.8 Å². The minimum atomic E-state index is -3.06. The van der Waals surface area contributed by atoms with Crippen molar-refractivity contribution >= 4 is 15.8 Å². The summed E-state index contributed by atoms with van der Waals surface area (Å²) in [4.78, 5) is 15.7. The standard InChI is InChI=1S/C13H17NO4S/c1-9-3-2-4-11(14-9)7-12(13(15)16)10-5-6-19(17,18)8-10/h2-4,10,12H,5-8H2,1H3,(H,15,16). The van der Waals surface area contributed by atoms with Gasteiger partial charge in [0.25, 0.3) is 0 Å². The molecule has 1 aromatic heterocycles. The van der Waals surface area contributed by atoms with Gasteiger partial charge in [-0.2, -0.15) is 0 Å². The van der Waals surface area contributed by atoms with Crippen LogP contribution in [0.4, 0.5) is 0 Å². The Hall–Kier alpha value is -1.43. The number of hydrogen-bond acceptors (Lipinski definition) is 4. The molecule has 1 aromatic rings. The number of hydrogen-bond donors (Lipinski definition) is 1. The molecule has 0 spiro atoms. The minimum absolute atomic E-state index is 0.0181. The predicted octanol–water partition coefficient (Wildman–Crippen LogP) is 1.07. The summed E-state index contributed by atoms with van der Waals surface area (Å²) < 4.78 is 22.9. The number of nitrogens with zero attached hydrogens (tertiary/aromatic N) is 1. The van der Waals surface area contributed by atoms with Crippen molar-refractivity contribution in [3.63, 3.8) is 0 Å². The zero-order valence-corrected chi connectivity index (χ0v) is 11.6. The zero-order valence-electron chi connectivity index (χ0n) is 10.7. The van der Waals surface area contributed by atoms with Crippen molar-refractivity contribution in [1.82, 2.24) is 4.98 Å². The van der Waals surface area contributed by atoms with Crippen LogP contribution in [0.15, 0.2) is 18.2 Å². The van der Waals surface area contributed by atoms with E-state index in [0.717, 1.165) is 5.69 Å². The molecule has 104 valence electrons. The second-order valence-electron chi connectivity index (χ2n) is 5.08. The molecule has 2 unspecified atom stereocenters. The third-order valence-electron chi connectivity index (χ3n) is 3.53. The molecule has 0 bridgehead atoms. The molecular weight excluding hydrogens is 266 g/mol. The number of carboxylic acid groups (broad SMARTS) is 1. The largest absolute Gasteiger partial charge is 0.481 e. The highest BCUT2D eigenvalue weighted by atomic mass is 32.2. The zero-order chi connectivity index (χ0) is 14.0. The monoisotopic (exact) mass is 283 g/mol. The van der Waals surface area contributed by atoms with E-state index in [4.69, 9.17) is 0 Å². The number of aryl methyl sites for hydroxylation is 1. The molecule has 0 aliphatic carbocycles. The maximum Gasteiger partial charge on any atom is 0.307 e. The Kier molecular flexibility index (Phi) is 3.89. The summed E-state index contributed by atoms with van der Waals surface area (Å²) in [7, 11) is -3.06. The van der Waals surface area contributed by atoms with Gasteiger partial charge in [0.05, 0.1) is 17.4 Å². The fourth-order valence-electron chi connectivity index (χ4n) is 2.54. The van der Waals surface area contributed by atoms with E-state index in [1.165, 1.54) is 0 Å². The van der Waals surface area contributed by atoms with Gasteiger partial charge in [-0.1, -0.05) is 6.07 Å². The molecule has 1 saturated heterocycles. The molecule has 1 aliphatic rings. The van der Waals surface area contributed by atoms with Crippen LogP contribution in [0.25, 0.3) is 0 Å². The van der Waals surface area contributed by atoms with Gasteiger partial charge in [-0.25, -0.2) is 8.42 Å². The number of aromatic nitrogens is 1. The number of carboxylic acids is 1. The van der Waals surface area contributed by atoms with E-state index in [-0.39, 0.29) is 23.8 Å². The molecule has 19 heavy (non-hydrogen) atoms. The number of sulfone groups is 1. The summed E-state index contributed by atoms with van der Waals surface area (Å²) in [5, 5.41) is 9.31. The number of pyridine rings is 1. The SMILES string of the molecule is Cc1cccc(CC(C(=O)O)C2CCS(=O)(=O)C2)n1. The maximum absolute atomic E-state index is 11.5. The van der Waals surface area contributed by atoms with Crippen LogP contribution < -0.4 is 0 Å². The molecule has 0 radical (unpaired) electrons. The second-order valence-corrected chi connectivity index (χ2v) is 7.31. The lowest BCUT2D eigenvalue weighted by molar-refractivity contribution is -0.143. The van der Waals surface area contributed by atoms with Crippen molar-refractivity contribution in [2.24, 2.45) is 11.8 Å². The molecule has 0 saturated carbocycles. The van der Waals surface area contributed by atoms with Crippen LogP contribution >= 0.6 is 0 Å². The van der Waals surface area contributed by atoms with E-state index >= 15 is 0 Å². The van der Waals surface area contributed by atoms with E-state index in [1.807, 2.05) is 19.1 Å². The first-order chi connectivity index (χ1) is 8.87. The summed E-state index contributed by atoms with van der Waals surface area (Å²) in [6.45, 7) is 1.85. The first-order valence-corrected chi connectivity index (χ1v) is 8.05. The summed E-state index contributed by atoms with van der Waals surface area (Å²) in [6.07, 6.45) is 0.725. The van der Waals surface area contributed by atoms with E-state index in [2.05, 4.69) is 4.98 Å². The fraction of sp³-hybridized carbons (Fsp3) is 0.538. The summed E-state index contributed by atoms with van der Waals surface area (Å²) in [5.41, 5.74) is 1.54. The van der Waals surface area contributed by atoms with Gasteiger partial charge in [0, 0.05) is 17.8 Å². The predicted molar refractivity (Wildman–Crippen MR) is 70.6 cm³/mol. The highest BCUT2D eigenvalue weighted by Crippen LogP contribution is 2.28. The lowest BCUT2D eigenvalue weighted by Crippen LogP contribution is -2.27. The minimum Gasteiger partial charge on any atom is -0.481 e. The normalized spacial score (nSPS) is 23.1. The van der Waals surface area contributed by atoms with Gasteiger partial charge in [0.15, 0.2) is 9.84 Å². The van der Waals surface area contributed by atoms with Gasteiger partial charge in [-0.15, -0.1) is 0 Å². The van der Waals surface area contributed by atoms with E-state index < -0.39 is 21.7 Å². The van der Waals surface area contributed by atoms with Crippen molar-refractivity contribution in [3.05, 3.63) is 29.6 Å². The van der Waals surface area contributed by atoms with Crippen LogP contribution in [0.5, 0.6) is 0 Å². The third-order valence-corrected chi connectivity index (χ3v) is 5.32. The molecule has 1 aliphatic heterocycles. The summed E-state index contributed by atoms with van der Waals surface area (Å²) in [6, 6.07) is 5.47. The molecular formula is C13H17NO4S. The smallest absolute Gasteiger partial charge is 0.307 e. The van der Waals surface area contributed by atoms with Gasteiger partial charge in [0.2, 0.25) is 0 Å². The topological polar surface area (TPSA) is 84.3 Å². The van der Waals surface area contributed by atoms with E-state index in [0.29, 0.717) is 12.1 Å². The number of rotatable bonds is 4. The molecule has 1 N–H and O–H groups in total. The van der Waals surface area contributed by atoms with Crippen molar-refractivity contribution in [3.8, 4) is 0 Å². The summed E-state index contributed by atoms with van der Waals surface area (Å²) >= 11 is 0. The first-order valence-electron chi connectivity index (χ1n) is 6.23. The molecule has 2 atom stereocenters. The molecule has 0 amide bonds. The van der Waals surface area contributed by atoms with Gasteiger partial charge in [-0.3, -0.25) is 9.78 Å². The lowest BCUT2D eigenvalue weighted by Gasteiger charge is -2.17. The quantitative estimate of drug-likeness (QED) is 0.893. The Morgan fingerprint density at radius 2 is 2.26 bits per heavy atom. The molecule has 2 heterocycles. The molecule has 5 nitrogen and oxygen atoms in total. The van der Waals surface area contributed by atoms with Gasteiger partial charge < -0.3 is 5.11 Å². The lowest BCUT2D eigenvalue weighted by atomic mass is 9.88. The van der Waals surface area contributed by atoms with Crippen LogP contribution in [-0.4, -0.2) is 36.0 Å². The number of aliphatic carboxylic acids is 1. The Balaban J connectivity index is 2.16. The van der Waals surface area contributed by atoms with Gasteiger partial charge >= 0.3 is 5.97 Å². The van der Waals surface area contributed by atoms with Gasteiger partial charge in [0.1, 0.15) is 0 Å². The number of carbonyl (C=O) groups is 1. The Labute approximate surface area is 112 Å². The molecule has 6 heteroatoms.